The standard InChI is InChI=1S/C16H22ClNO2/c1-19-13-6-5-11(16(20-2)14(13)17)15(18)12-8-9-3-4-10(12)7-9/h5-6,9-10,12,15H,3-4,7-8,18H2,1-2H3. The summed E-state index contributed by atoms with van der Waals surface area (Å²) >= 11 is 6.34. The summed E-state index contributed by atoms with van der Waals surface area (Å²) < 4.78 is 10.7. The first-order valence-corrected chi connectivity index (χ1v) is 7.69. The molecule has 2 aliphatic rings. The Labute approximate surface area is 125 Å². The first-order valence-electron chi connectivity index (χ1n) is 7.31. The molecule has 1 aromatic rings. The van der Waals surface area contributed by atoms with Gasteiger partial charge in [0.25, 0.3) is 0 Å². The van der Waals surface area contributed by atoms with Gasteiger partial charge in [0.1, 0.15) is 16.5 Å². The minimum atomic E-state index is 0.00339. The van der Waals surface area contributed by atoms with Gasteiger partial charge >= 0.3 is 0 Å². The van der Waals surface area contributed by atoms with Crippen molar-refractivity contribution in [1.29, 1.82) is 0 Å². The lowest BCUT2D eigenvalue weighted by Crippen LogP contribution is -2.26. The lowest BCUT2D eigenvalue weighted by atomic mass is 9.80. The van der Waals surface area contributed by atoms with Crippen molar-refractivity contribution < 1.29 is 9.47 Å². The summed E-state index contributed by atoms with van der Waals surface area (Å²) in [7, 11) is 3.24. The van der Waals surface area contributed by atoms with Gasteiger partial charge in [-0.25, -0.2) is 0 Å². The third kappa shape index (κ3) is 2.17. The van der Waals surface area contributed by atoms with Crippen LogP contribution in [-0.2, 0) is 0 Å². The van der Waals surface area contributed by atoms with Crippen molar-refractivity contribution in [3.8, 4) is 11.5 Å². The van der Waals surface area contributed by atoms with Gasteiger partial charge in [-0.3, -0.25) is 0 Å². The Kier molecular flexibility index (Phi) is 3.83. The quantitative estimate of drug-likeness (QED) is 0.919. The maximum atomic E-state index is 6.54. The molecule has 4 heteroatoms. The van der Waals surface area contributed by atoms with E-state index in [4.69, 9.17) is 26.8 Å². The van der Waals surface area contributed by atoms with Crippen LogP contribution in [0.1, 0.15) is 37.3 Å². The van der Waals surface area contributed by atoms with Gasteiger partial charge in [0.15, 0.2) is 0 Å². The summed E-state index contributed by atoms with van der Waals surface area (Å²) in [5, 5.41) is 0.520. The number of benzene rings is 1. The molecule has 0 amide bonds. The van der Waals surface area contributed by atoms with Gasteiger partial charge in [-0.15, -0.1) is 0 Å². The van der Waals surface area contributed by atoms with Crippen LogP contribution in [0.25, 0.3) is 0 Å². The van der Waals surface area contributed by atoms with Gasteiger partial charge < -0.3 is 15.2 Å². The number of rotatable bonds is 4. The Balaban J connectivity index is 1.91. The summed E-state index contributed by atoms with van der Waals surface area (Å²) in [4.78, 5) is 0. The van der Waals surface area contributed by atoms with E-state index in [0.717, 1.165) is 17.4 Å². The van der Waals surface area contributed by atoms with Gasteiger partial charge in [-0.1, -0.05) is 18.0 Å². The van der Waals surface area contributed by atoms with Crippen molar-refractivity contribution in [2.75, 3.05) is 14.2 Å². The van der Waals surface area contributed by atoms with Crippen LogP contribution in [-0.4, -0.2) is 14.2 Å². The third-order valence-corrected chi connectivity index (χ3v) is 5.49. The first kappa shape index (κ1) is 14.0. The molecule has 0 aliphatic heterocycles. The first-order chi connectivity index (χ1) is 9.65. The Morgan fingerprint density at radius 1 is 1.20 bits per heavy atom. The van der Waals surface area contributed by atoms with E-state index in [9.17, 15) is 0 Å². The lowest BCUT2D eigenvalue weighted by molar-refractivity contribution is 0.278. The largest absolute Gasteiger partial charge is 0.495 e. The van der Waals surface area contributed by atoms with Crippen molar-refractivity contribution in [1.82, 2.24) is 0 Å². The Morgan fingerprint density at radius 2 is 2.00 bits per heavy atom. The topological polar surface area (TPSA) is 44.5 Å². The number of ether oxygens (including phenoxy) is 2. The minimum absolute atomic E-state index is 0.00339. The third-order valence-electron chi connectivity index (χ3n) is 5.13. The van der Waals surface area contributed by atoms with Crippen LogP contribution < -0.4 is 15.2 Å². The van der Waals surface area contributed by atoms with E-state index in [1.165, 1.54) is 25.7 Å². The van der Waals surface area contributed by atoms with Crippen LogP contribution in [0.5, 0.6) is 11.5 Å². The fraction of sp³-hybridized carbons (Fsp3) is 0.625. The molecular weight excluding hydrogens is 274 g/mol. The molecular formula is C16H22ClNO2. The Bertz CT molecular complexity index is 505. The van der Waals surface area contributed by atoms with Crippen molar-refractivity contribution in [2.24, 2.45) is 23.5 Å². The molecule has 1 aromatic carbocycles. The molecule has 4 unspecified atom stereocenters. The summed E-state index contributed by atoms with van der Waals surface area (Å²) in [5.41, 5.74) is 7.55. The average molecular weight is 296 g/mol. The van der Waals surface area contributed by atoms with Crippen molar-refractivity contribution >= 4 is 11.6 Å². The molecule has 3 nitrogen and oxygen atoms in total. The molecule has 0 radical (unpaired) electrons. The van der Waals surface area contributed by atoms with E-state index in [2.05, 4.69) is 0 Å². The lowest BCUT2D eigenvalue weighted by Gasteiger charge is -2.29. The second kappa shape index (κ2) is 5.45. The number of hydrogen-bond acceptors (Lipinski definition) is 3. The Hall–Kier alpha value is -0.930. The number of fused-ring (bicyclic) bond motifs is 2. The monoisotopic (exact) mass is 295 g/mol. The second-order valence-corrected chi connectivity index (χ2v) is 6.45. The summed E-state index contributed by atoms with van der Waals surface area (Å²) in [6.07, 6.45) is 5.31. The average Bonchev–Trinajstić information content (AvgIpc) is 3.08. The number of halogens is 1. The fourth-order valence-corrected chi connectivity index (χ4v) is 4.47. The zero-order valence-electron chi connectivity index (χ0n) is 12.1. The molecule has 3 rings (SSSR count). The van der Waals surface area contributed by atoms with E-state index in [1.54, 1.807) is 14.2 Å². The molecule has 110 valence electrons. The fourth-order valence-electron chi connectivity index (χ4n) is 4.14. The SMILES string of the molecule is COc1ccc(C(N)C2CC3CCC2C3)c(OC)c1Cl. The zero-order valence-corrected chi connectivity index (χ0v) is 12.8. The number of nitrogens with two attached hydrogens (primary N) is 1. The second-order valence-electron chi connectivity index (χ2n) is 6.07. The van der Waals surface area contributed by atoms with E-state index < -0.39 is 0 Å². The molecule has 0 saturated heterocycles. The molecule has 0 spiro atoms. The van der Waals surface area contributed by atoms with E-state index in [0.29, 0.717) is 22.4 Å². The van der Waals surface area contributed by atoms with Crippen LogP contribution >= 0.6 is 11.6 Å². The smallest absolute Gasteiger partial charge is 0.146 e. The van der Waals surface area contributed by atoms with Crippen molar-refractivity contribution in [2.45, 2.75) is 31.7 Å². The molecule has 2 aliphatic carbocycles. The maximum Gasteiger partial charge on any atom is 0.146 e. The Morgan fingerprint density at radius 3 is 2.55 bits per heavy atom. The van der Waals surface area contributed by atoms with Gasteiger partial charge in [0.2, 0.25) is 0 Å². The summed E-state index contributed by atoms with van der Waals surface area (Å²) in [6.45, 7) is 0. The van der Waals surface area contributed by atoms with Crippen LogP contribution in [0.15, 0.2) is 12.1 Å². The highest BCUT2D eigenvalue weighted by atomic mass is 35.5. The van der Waals surface area contributed by atoms with Gasteiger partial charge in [0.05, 0.1) is 14.2 Å². The molecule has 2 N–H and O–H groups in total. The summed E-state index contributed by atoms with van der Waals surface area (Å²) in [5.74, 6) is 3.53. The molecule has 2 saturated carbocycles. The highest BCUT2D eigenvalue weighted by Gasteiger charge is 2.43. The van der Waals surface area contributed by atoms with Gasteiger partial charge in [-0.2, -0.15) is 0 Å². The van der Waals surface area contributed by atoms with E-state index in [-0.39, 0.29) is 6.04 Å². The molecule has 0 heterocycles. The van der Waals surface area contributed by atoms with Crippen LogP contribution in [0, 0.1) is 17.8 Å². The molecule has 4 atom stereocenters. The van der Waals surface area contributed by atoms with E-state index in [1.807, 2.05) is 12.1 Å². The summed E-state index contributed by atoms with van der Waals surface area (Å²) in [6, 6.07) is 3.89. The number of hydrogen-bond donors (Lipinski definition) is 1. The highest BCUT2D eigenvalue weighted by molar-refractivity contribution is 6.33. The predicted octanol–water partition coefficient (Wildman–Crippen LogP) is 3.79. The van der Waals surface area contributed by atoms with Crippen molar-refractivity contribution in [3.63, 3.8) is 0 Å². The highest BCUT2D eigenvalue weighted by Crippen LogP contribution is 2.53. The van der Waals surface area contributed by atoms with Crippen molar-refractivity contribution in [3.05, 3.63) is 22.7 Å². The zero-order chi connectivity index (χ0) is 14.3. The van der Waals surface area contributed by atoms with Crippen LogP contribution in [0.4, 0.5) is 0 Å². The van der Waals surface area contributed by atoms with Gasteiger partial charge in [0, 0.05) is 11.6 Å². The molecule has 2 fully saturated rings. The molecule has 0 aromatic heterocycles. The predicted molar refractivity (Wildman–Crippen MR) is 80.4 cm³/mol. The van der Waals surface area contributed by atoms with Crippen LogP contribution in [0.3, 0.4) is 0 Å². The number of methoxy groups -OCH3 is 2. The maximum absolute atomic E-state index is 6.54. The van der Waals surface area contributed by atoms with Gasteiger partial charge in [-0.05, 0) is 49.1 Å². The van der Waals surface area contributed by atoms with Crippen LogP contribution in [0.2, 0.25) is 5.02 Å². The minimum Gasteiger partial charge on any atom is -0.495 e. The van der Waals surface area contributed by atoms with E-state index >= 15 is 0 Å². The molecule has 20 heavy (non-hydrogen) atoms. The molecule has 2 bridgehead atoms. The normalized spacial score (nSPS) is 29.5.